The van der Waals surface area contributed by atoms with Crippen molar-refractivity contribution >= 4 is 134 Å². The van der Waals surface area contributed by atoms with E-state index in [0.29, 0.717) is 20.9 Å². The number of nitriles is 16. The van der Waals surface area contributed by atoms with E-state index in [-0.39, 0.29) is 158 Å². The first kappa shape index (κ1) is 80.0. The Balaban J connectivity index is 0.000000185. The number of hydrogen-bond acceptors (Lipinski definition) is 28. The van der Waals surface area contributed by atoms with Crippen LogP contribution >= 0.6 is 0 Å². The number of halogens is 4. The van der Waals surface area contributed by atoms with Gasteiger partial charge < -0.3 is 19.4 Å². The first-order chi connectivity index (χ1) is 56.1. The van der Waals surface area contributed by atoms with Gasteiger partial charge >= 0.3 is 23.4 Å². The van der Waals surface area contributed by atoms with Crippen molar-refractivity contribution in [1.82, 2.24) is 59.8 Å². The Morgan fingerprint density at radius 2 is 0.578 bits per heavy atom. The molecule has 12 rings (SSSR count). The van der Waals surface area contributed by atoms with Gasteiger partial charge in [0.15, 0.2) is 57.8 Å². The van der Waals surface area contributed by atoms with Crippen molar-refractivity contribution in [2.75, 3.05) is 0 Å². The van der Waals surface area contributed by atoms with Crippen molar-refractivity contribution in [3.63, 3.8) is 0 Å². The molecule has 0 unspecified atom stereocenters. The first-order valence-corrected chi connectivity index (χ1v) is 29.8. The molecule has 0 aliphatic heterocycles. The summed E-state index contributed by atoms with van der Waals surface area (Å²) < 4.78 is 54.6. The minimum atomic E-state index is -2.01. The Hall–Kier alpha value is -21.7. The zero-order valence-electron chi connectivity index (χ0n) is 56.4. The lowest BCUT2D eigenvalue weighted by Crippen LogP contribution is -2.30. The summed E-state index contributed by atoms with van der Waals surface area (Å²) in [6.07, 6.45) is 0. The van der Waals surface area contributed by atoms with E-state index in [1.165, 1.54) is 0 Å². The Kier molecular flexibility index (Phi) is 24.3. The van der Waals surface area contributed by atoms with Crippen LogP contribution in [0.4, 0.5) is 41.0 Å². The molecule has 6 heterocycles. The van der Waals surface area contributed by atoms with Gasteiger partial charge in [-0.3, -0.25) is 0 Å². The molecular weight excluding hydrogens is 1490 g/mol. The van der Waals surface area contributed by atoms with Crippen LogP contribution in [0.25, 0.3) is 149 Å². The monoisotopic (exact) mass is 1500 g/mol. The number of rotatable bonds is 0. The number of nitrogens with zero attached hydrogens (tertiary/aromatic N) is 36. The maximum Gasteiger partial charge on any atom is 0.373 e. The molecule has 40 heteroatoms. The summed E-state index contributed by atoms with van der Waals surface area (Å²) in [4.78, 5) is 72.5. The molecule has 0 saturated heterocycles. The average molecular weight is 1500 g/mol. The van der Waals surface area contributed by atoms with Crippen LogP contribution in [0.2, 0.25) is 0 Å². The molecule has 0 atom stereocenters. The van der Waals surface area contributed by atoms with Gasteiger partial charge in [-0.15, -0.1) is 26.5 Å². The molecule has 6 aromatic heterocycles. The second-order valence-corrected chi connectivity index (χ2v) is 20.8. The summed E-state index contributed by atoms with van der Waals surface area (Å²) in [5.41, 5.74) is -4.07. The van der Waals surface area contributed by atoms with Crippen molar-refractivity contribution in [3.05, 3.63) is 252 Å². The van der Waals surface area contributed by atoms with Gasteiger partial charge in [0.25, 0.3) is 28.6 Å². The van der Waals surface area contributed by atoms with Crippen LogP contribution < -0.4 is 31.3 Å². The fourth-order valence-electron chi connectivity index (χ4n) is 9.98. The van der Waals surface area contributed by atoms with Gasteiger partial charge in [0.05, 0.1) is 88.2 Å². The second-order valence-electron chi connectivity index (χ2n) is 20.8. The van der Waals surface area contributed by atoms with Crippen LogP contribution in [0.5, 0.6) is 0 Å². The quantitative estimate of drug-likeness (QED) is 0.0610. The molecule has 12 aromatic rings. The van der Waals surface area contributed by atoms with E-state index < -0.39 is 45.1 Å². The summed E-state index contributed by atoms with van der Waals surface area (Å²) >= 11 is 0. The lowest BCUT2D eigenvalue weighted by atomic mass is 10.0. The topological polar surface area (TPSA) is 570 Å². The van der Waals surface area contributed by atoms with Gasteiger partial charge in [0, 0.05) is 10.4 Å². The molecule has 0 spiro atoms. The van der Waals surface area contributed by atoms with Crippen LogP contribution in [0.1, 0.15) is 45.8 Å². The van der Waals surface area contributed by atoms with Crippen molar-refractivity contribution in [2.24, 2.45) is 0 Å². The SMILES string of the molecule is N#CC(C#N)=c1ccc2cc(=C(C#N)C#N)ccc2c1.[C-]#[N+]C(C#N)=c1c(F)c(F)c(=C(C#N)[N+]#[C-])c(F)c1F.[C-]#[N+]C(C#N)=c1ccc(=C(C#N)[N+]#[C-])cc1.[C-]#[N+]c1nc(C#N)c2c3nc(C#N)nc(C#N)c3c3nc(C#N)nc([N+]#[C-])c3c2n1.[C-]#[N+]c1nc2c(nc1C#N)c1nc(C#N)c(C#N)nc1c1nc(C#N)c([N+]#[C-])nc12. The van der Waals surface area contributed by atoms with E-state index in [1.54, 1.807) is 109 Å². The van der Waals surface area contributed by atoms with E-state index in [0.717, 1.165) is 22.9 Å². The molecular formula is C76H10F4N36. The van der Waals surface area contributed by atoms with E-state index in [1.807, 2.05) is 36.4 Å². The Bertz CT molecular complexity index is 7220. The van der Waals surface area contributed by atoms with Crippen LogP contribution in [0, 0.1) is 257 Å². The maximum atomic E-state index is 13.6. The second kappa shape index (κ2) is 35.2. The van der Waals surface area contributed by atoms with Crippen molar-refractivity contribution in [2.45, 2.75) is 0 Å². The lowest BCUT2D eigenvalue weighted by molar-refractivity contribution is 0.434. The van der Waals surface area contributed by atoms with Gasteiger partial charge in [-0.25, -0.2) is 87.9 Å². The minimum absolute atomic E-state index is 0.00660. The highest BCUT2D eigenvalue weighted by Crippen LogP contribution is 2.40. The van der Waals surface area contributed by atoms with Crippen molar-refractivity contribution in [3.8, 4) is 97.1 Å². The van der Waals surface area contributed by atoms with E-state index in [2.05, 4.69) is 98.6 Å². The molecule has 6 aromatic carbocycles. The lowest BCUT2D eigenvalue weighted by Gasteiger charge is -2.09. The third-order valence-electron chi connectivity index (χ3n) is 14.9. The molecule has 0 bridgehead atoms. The Labute approximate surface area is 642 Å². The van der Waals surface area contributed by atoms with Gasteiger partial charge in [-0.2, -0.15) is 68.1 Å². The van der Waals surface area contributed by atoms with Gasteiger partial charge in [-0.1, -0.05) is 73.2 Å². The van der Waals surface area contributed by atoms with E-state index in [9.17, 15) is 59.7 Å². The fraction of sp³-hybridized carbons (Fsp3) is 0. The van der Waals surface area contributed by atoms with Crippen molar-refractivity contribution < 1.29 is 17.6 Å². The van der Waals surface area contributed by atoms with Gasteiger partial charge in [0.2, 0.25) is 22.6 Å². The summed E-state index contributed by atoms with van der Waals surface area (Å²) in [6.45, 7) is 55.7. The smallest absolute Gasteiger partial charge is 0.373 e. The standard InChI is InChI=1S/2C18N12.C16H6N4.C12F4N4.C12H4N4/c1-23-17-13-15(28-10(6-22)29-17)11-7(3-19)25-9(5-21)27-14(11)12-8(4-20)26-18(24-2)30-16(12)13;1-23-17-9(5-21)27-13-11-12(26-8(4-20)7(3-19)25-11)14-16(15(13)29-17)30-18(24-2)10(6-22)28-14;17-7-15(8-18)13-3-1-11-5-14(16(9-19)10-20)4-2-12(11)6-13;1-19-5(3-17)7-9(13)11(15)8(6(4-18)20-2)12(16)10(7)14;1-15-11(7-13)9-3-5-10(6-4-9)12(8-14)16-2/h;;1-6H;;3-6H. The summed E-state index contributed by atoms with van der Waals surface area (Å²) in [7, 11) is 0. The molecule has 522 valence electrons. The number of benzene rings is 6. The highest BCUT2D eigenvalue weighted by Gasteiger charge is 2.30. The van der Waals surface area contributed by atoms with Gasteiger partial charge in [-0.05, 0) is 33.3 Å². The van der Waals surface area contributed by atoms with Gasteiger partial charge in [0.1, 0.15) is 105 Å². The van der Waals surface area contributed by atoms with Crippen LogP contribution in [0.3, 0.4) is 0 Å². The predicted octanol–water partition coefficient (Wildman–Crippen LogP) is 7.58. The van der Waals surface area contributed by atoms with Crippen LogP contribution in [-0.4, -0.2) is 59.8 Å². The fourth-order valence-corrected chi connectivity index (χ4v) is 9.98. The first-order valence-electron chi connectivity index (χ1n) is 29.8. The highest BCUT2D eigenvalue weighted by molar-refractivity contribution is 6.26. The van der Waals surface area contributed by atoms with Crippen molar-refractivity contribution in [1.29, 1.82) is 84.2 Å². The number of hydrogen-bond donors (Lipinski definition) is 0. The molecule has 0 fully saturated rings. The Morgan fingerprint density at radius 3 is 0.888 bits per heavy atom. The molecule has 0 saturated carbocycles. The molecule has 0 aliphatic rings. The predicted molar refractivity (Wildman–Crippen MR) is 380 cm³/mol. The van der Waals surface area contributed by atoms with Crippen LogP contribution in [0.15, 0.2) is 60.7 Å². The third-order valence-corrected chi connectivity index (χ3v) is 14.9. The minimum Gasteiger partial charge on any atom is -0.394 e. The molecule has 116 heavy (non-hydrogen) atoms. The maximum absolute atomic E-state index is 13.6. The highest BCUT2D eigenvalue weighted by atomic mass is 19.2. The normalized spacial score (nSPS) is 9.17. The van der Waals surface area contributed by atoms with Crippen LogP contribution in [-0.2, 0) is 0 Å². The third kappa shape index (κ3) is 15.0. The summed E-state index contributed by atoms with van der Waals surface area (Å²) in [5.74, 6) is -9.98. The molecule has 0 radical (unpaired) electrons. The number of aromatic nitrogens is 12. The largest absolute Gasteiger partial charge is 0.394 e. The molecule has 0 amide bonds. The molecule has 0 aliphatic carbocycles. The Morgan fingerprint density at radius 1 is 0.267 bits per heavy atom. The molecule has 36 nitrogen and oxygen atoms in total. The van der Waals surface area contributed by atoms with E-state index >= 15 is 0 Å². The zero-order chi connectivity index (χ0) is 84.8. The average Bonchev–Trinajstić information content (AvgIpc) is 0.722. The number of fused-ring (bicyclic) bond motifs is 13. The van der Waals surface area contributed by atoms with E-state index in [4.69, 9.17) is 94.7 Å². The summed E-state index contributed by atoms with van der Waals surface area (Å²) in [6, 6.07) is 43.9. The zero-order valence-corrected chi connectivity index (χ0v) is 56.4. The summed E-state index contributed by atoms with van der Waals surface area (Å²) in [5, 5.41) is 145. The molecule has 0 N–H and O–H groups in total.